The van der Waals surface area contributed by atoms with Gasteiger partial charge in [-0.25, -0.2) is 4.79 Å². The van der Waals surface area contributed by atoms with Crippen molar-refractivity contribution in [1.29, 1.82) is 0 Å². The predicted molar refractivity (Wildman–Crippen MR) is 105 cm³/mol. The molecule has 7 nitrogen and oxygen atoms in total. The molecule has 3 N–H and O–H groups in total. The van der Waals surface area contributed by atoms with Crippen LogP contribution in [0.15, 0.2) is 18.2 Å². The van der Waals surface area contributed by atoms with Gasteiger partial charge >= 0.3 is 5.97 Å². The highest BCUT2D eigenvalue weighted by Gasteiger charge is 2.24. The van der Waals surface area contributed by atoms with E-state index in [0.717, 1.165) is 21.7 Å². The molecular formula is C20H32N3O4+. The molecule has 0 saturated heterocycles. The first-order chi connectivity index (χ1) is 12.6. The molecule has 1 rings (SSSR count). The van der Waals surface area contributed by atoms with Gasteiger partial charge in [-0.1, -0.05) is 26.0 Å². The third kappa shape index (κ3) is 7.78. The molecule has 7 heteroatoms. The van der Waals surface area contributed by atoms with Crippen molar-refractivity contribution in [3.8, 4) is 0 Å². The number of carbonyl (C=O) groups excluding carboxylic acids is 3. The second-order valence-corrected chi connectivity index (χ2v) is 7.38. The number of esters is 1. The highest BCUT2D eigenvalue weighted by atomic mass is 16.5. The smallest absolute Gasteiger partial charge is 0.328 e. The van der Waals surface area contributed by atoms with Gasteiger partial charge in [0.05, 0.1) is 14.2 Å². The van der Waals surface area contributed by atoms with Crippen LogP contribution in [-0.4, -0.2) is 51.1 Å². The molecular weight excluding hydrogens is 346 g/mol. The van der Waals surface area contributed by atoms with E-state index in [2.05, 4.69) is 10.6 Å². The van der Waals surface area contributed by atoms with Crippen LogP contribution in [0.2, 0.25) is 0 Å². The number of amides is 2. The van der Waals surface area contributed by atoms with E-state index >= 15 is 0 Å². The summed E-state index contributed by atoms with van der Waals surface area (Å²) in [6.07, 6.45) is 0.505. The lowest BCUT2D eigenvalue weighted by atomic mass is 10.0. The molecule has 1 unspecified atom stereocenters. The van der Waals surface area contributed by atoms with Crippen molar-refractivity contribution in [3.63, 3.8) is 0 Å². The quantitative estimate of drug-likeness (QED) is 0.545. The monoisotopic (exact) mass is 378 g/mol. The standard InChI is InChI=1S/C20H31N3O4/c1-13(2)10-17(20(26)27-6)22-19(25)12-23(5)11-18(24)21-16-9-7-8-14(3)15(16)4/h7-9,13,17H,10-12H2,1-6H3,(H,21,24)(H,22,25)/p+1/t17-/m1/s1. The summed E-state index contributed by atoms with van der Waals surface area (Å²) < 4.78 is 4.75. The minimum absolute atomic E-state index is 0.0891. The van der Waals surface area contributed by atoms with Crippen LogP contribution in [0.1, 0.15) is 31.4 Å². The van der Waals surface area contributed by atoms with E-state index in [0.29, 0.717) is 6.42 Å². The van der Waals surface area contributed by atoms with Gasteiger partial charge in [-0.2, -0.15) is 0 Å². The summed E-state index contributed by atoms with van der Waals surface area (Å²) in [7, 11) is 3.06. The Morgan fingerprint density at radius 1 is 1.11 bits per heavy atom. The minimum atomic E-state index is -0.668. The molecule has 0 aromatic heterocycles. The van der Waals surface area contributed by atoms with Gasteiger partial charge in [0.25, 0.3) is 11.8 Å². The first kappa shape index (κ1) is 22.6. The second-order valence-electron chi connectivity index (χ2n) is 7.38. The summed E-state index contributed by atoms with van der Waals surface area (Å²) in [5.41, 5.74) is 2.91. The van der Waals surface area contributed by atoms with E-state index in [1.807, 2.05) is 45.9 Å². The largest absolute Gasteiger partial charge is 0.467 e. The Morgan fingerprint density at radius 3 is 2.33 bits per heavy atom. The lowest BCUT2D eigenvalue weighted by molar-refractivity contribution is -0.862. The van der Waals surface area contributed by atoms with Crippen LogP contribution in [0.3, 0.4) is 0 Å². The van der Waals surface area contributed by atoms with Crippen LogP contribution in [-0.2, 0) is 19.1 Å². The SMILES string of the molecule is COC(=O)[C@@H](CC(C)C)NC(=O)C[NH+](C)CC(=O)Nc1cccc(C)c1C. The number of carbonyl (C=O) groups is 3. The molecule has 0 radical (unpaired) electrons. The predicted octanol–water partition coefficient (Wildman–Crippen LogP) is 0.461. The van der Waals surface area contributed by atoms with Crippen molar-refractivity contribution >= 4 is 23.5 Å². The number of hydrogen-bond donors (Lipinski definition) is 3. The summed E-state index contributed by atoms with van der Waals surface area (Å²) in [6.45, 7) is 8.12. The molecule has 0 saturated carbocycles. The van der Waals surface area contributed by atoms with E-state index in [-0.39, 0.29) is 30.8 Å². The van der Waals surface area contributed by atoms with Crippen LogP contribution < -0.4 is 15.5 Å². The van der Waals surface area contributed by atoms with Gasteiger partial charge < -0.3 is 20.3 Å². The number of methoxy groups -OCH3 is 1. The maximum atomic E-state index is 12.3. The molecule has 0 aliphatic rings. The van der Waals surface area contributed by atoms with Gasteiger partial charge in [0, 0.05) is 5.69 Å². The zero-order valence-corrected chi connectivity index (χ0v) is 17.1. The maximum absolute atomic E-state index is 12.3. The zero-order valence-electron chi connectivity index (χ0n) is 17.1. The number of nitrogens with one attached hydrogen (secondary N) is 3. The Hall–Kier alpha value is -2.41. The average Bonchev–Trinajstić information content (AvgIpc) is 2.56. The third-order valence-electron chi connectivity index (χ3n) is 4.33. The lowest BCUT2D eigenvalue weighted by Crippen LogP contribution is -3.11. The Kier molecular flexibility index (Phi) is 8.94. The van der Waals surface area contributed by atoms with E-state index in [4.69, 9.17) is 4.74 Å². The third-order valence-corrected chi connectivity index (χ3v) is 4.33. The number of ether oxygens (including phenoxy) is 1. The van der Waals surface area contributed by atoms with Crippen molar-refractivity contribution < 1.29 is 24.0 Å². The topological polar surface area (TPSA) is 88.9 Å². The Balaban J connectivity index is 2.55. The van der Waals surface area contributed by atoms with Crippen LogP contribution >= 0.6 is 0 Å². The van der Waals surface area contributed by atoms with Crippen molar-refractivity contribution in [3.05, 3.63) is 29.3 Å². The molecule has 0 heterocycles. The van der Waals surface area contributed by atoms with Crippen LogP contribution in [0.4, 0.5) is 5.69 Å². The van der Waals surface area contributed by atoms with Crippen molar-refractivity contribution in [2.75, 3.05) is 32.6 Å². The first-order valence-electron chi connectivity index (χ1n) is 9.18. The molecule has 1 aromatic rings. The van der Waals surface area contributed by atoms with E-state index in [1.54, 1.807) is 7.05 Å². The summed E-state index contributed by atoms with van der Waals surface area (Å²) in [4.78, 5) is 37.0. The van der Waals surface area contributed by atoms with Gasteiger partial charge in [0.1, 0.15) is 6.04 Å². The fraction of sp³-hybridized carbons (Fsp3) is 0.550. The van der Waals surface area contributed by atoms with Gasteiger partial charge in [0.2, 0.25) is 0 Å². The molecule has 0 fully saturated rings. The van der Waals surface area contributed by atoms with Gasteiger partial charge in [-0.05, 0) is 43.4 Å². The van der Waals surface area contributed by atoms with Crippen molar-refractivity contribution in [1.82, 2.24) is 5.32 Å². The van der Waals surface area contributed by atoms with Crippen LogP contribution in [0, 0.1) is 19.8 Å². The molecule has 2 atom stereocenters. The Morgan fingerprint density at radius 2 is 1.74 bits per heavy atom. The number of anilines is 1. The number of quaternary nitrogens is 1. The number of rotatable bonds is 9. The fourth-order valence-corrected chi connectivity index (χ4v) is 2.76. The number of aryl methyl sites for hydroxylation is 1. The molecule has 0 bridgehead atoms. The number of likely N-dealkylation sites (N-methyl/N-ethyl adjacent to an activating group) is 1. The van der Waals surface area contributed by atoms with Gasteiger partial charge in [-0.3, -0.25) is 9.59 Å². The van der Waals surface area contributed by atoms with E-state index in [1.165, 1.54) is 7.11 Å². The molecule has 1 aromatic carbocycles. The van der Waals surface area contributed by atoms with Crippen molar-refractivity contribution in [2.45, 2.75) is 40.2 Å². The molecule has 2 amide bonds. The molecule has 150 valence electrons. The molecule has 0 spiro atoms. The summed E-state index contributed by atoms with van der Waals surface area (Å²) in [6, 6.07) is 5.07. The van der Waals surface area contributed by atoms with E-state index in [9.17, 15) is 14.4 Å². The average molecular weight is 378 g/mol. The molecule has 0 aliphatic heterocycles. The van der Waals surface area contributed by atoms with Gasteiger partial charge in [0.15, 0.2) is 13.1 Å². The highest BCUT2D eigenvalue weighted by Crippen LogP contribution is 2.17. The fourth-order valence-electron chi connectivity index (χ4n) is 2.76. The highest BCUT2D eigenvalue weighted by molar-refractivity contribution is 5.92. The summed E-state index contributed by atoms with van der Waals surface area (Å²) in [5, 5.41) is 5.59. The second kappa shape index (κ2) is 10.7. The van der Waals surface area contributed by atoms with Gasteiger partial charge in [-0.15, -0.1) is 0 Å². The Bertz CT molecular complexity index is 673. The minimum Gasteiger partial charge on any atom is -0.467 e. The van der Waals surface area contributed by atoms with E-state index < -0.39 is 12.0 Å². The number of benzene rings is 1. The van der Waals surface area contributed by atoms with Crippen molar-refractivity contribution in [2.24, 2.45) is 5.92 Å². The Labute approximate surface area is 161 Å². The van der Waals surface area contributed by atoms with Crippen LogP contribution in [0.25, 0.3) is 0 Å². The summed E-state index contributed by atoms with van der Waals surface area (Å²) in [5.74, 6) is -0.672. The molecule has 0 aliphatic carbocycles. The number of hydrogen-bond acceptors (Lipinski definition) is 4. The molecule has 27 heavy (non-hydrogen) atoms. The maximum Gasteiger partial charge on any atom is 0.328 e. The first-order valence-corrected chi connectivity index (χ1v) is 9.18. The normalized spacial score (nSPS) is 13.0. The van der Waals surface area contributed by atoms with Crippen LogP contribution in [0.5, 0.6) is 0 Å². The lowest BCUT2D eigenvalue weighted by Gasteiger charge is -2.20. The summed E-state index contributed by atoms with van der Waals surface area (Å²) >= 11 is 0. The zero-order chi connectivity index (χ0) is 20.6.